The van der Waals surface area contributed by atoms with Gasteiger partial charge in [0.05, 0.1) is 7.11 Å². The quantitative estimate of drug-likeness (QED) is 0.879. The van der Waals surface area contributed by atoms with E-state index in [-0.39, 0.29) is 12.1 Å². The molecule has 1 N–H and O–H groups in total. The van der Waals surface area contributed by atoms with Gasteiger partial charge in [-0.3, -0.25) is 4.98 Å². The van der Waals surface area contributed by atoms with Gasteiger partial charge in [-0.25, -0.2) is 4.79 Å². The molecule has 1 aliphatic rings. The molecule has 2 aromatic rings. The summed E-state index contributed by atoms with van der Waals surface area (Å²) in [5, 5.41) is 4.20. The Morgan fingerprint density at radius 1 is 1.37 bits per heavy atom. The van der Waals surface area contributed by atoms with Crippen molar-refractivity contribution in [2.45, 2.75) is 32.4 Å². The molecule has 0 spiro atoms. The van der Waals surface area contributed by atoms with E-state index >= 15 is 0 Å². The highest BCUT2D eigenvalue weighted by Gasteiger charge is 2.24. The van der Waals surface area contributed by atoms with E-state index < -0.39 is 0 Å². The van der Waals surface area contributed by atoms with E-state index in [0.29, 0.717) is 12.5 Å². The van der Waals surface area contributed by atoms with Crippen molar-refractivity contribution in [3.05, 3.63) is 36.0 Å². The SMILES string of the molecule is COc1ccc(CN(C)C(=O)NC(C)C2CCN(C)CC2)c2cccnc12. The largest absolute Gasteiger partial charge is 0.494 e. The number of nitrogens with one attached hydrogen (secondary N) is 1. The zero-order valence-electron chi connectivity index (χ0n) is 16.7. The molecule has 146 valence electrons. The van der Waals surface area contributed by atoms with E-state index in [1.54, 1.807) is 18.2 Å². The number of rotatable bonds is 5. The summed E-state index contributed by atoms with van der Waals surface area (Å²) in [6.07, 6.45) is 4.03. The van der Waals surface area contributed by atoms with E-state index in [1.165, 1.54) is 0 Å². The number of benzene rings is 1. The normalized spacial score (nSPS) is 16.9. The van der Waals surface area contributed by atoms with Crippen LogP contribution in [0, 0.1) is 5.92 Å². The highest BCUT2D eigenvalue weighted by molar-refractivity contribution is 5.87. The lowest BCUT2D eigenvalue weighted by atomic mass is 9.90. The number of hydrogen-bond acceptors (Lipinski definition) is 4. The first-order valence-corrected chi connectivity index (χ1v) is 9.60. The predicted octanol–water partition coefficient (Wildman–Crippen LogP) is 3.12. The third-order valence-corrected chi connectivity index (χ3v) is 5.62. The van der Waals surface area contributed by atoms with E-state index in [4.69, 9.17) is 4.74 Å². The molecule has 1 aromatic carbocycles. The van der Waals surface area contributed by atoms with Crippen LogP contribution in [0.25, 0.3) is 10.9 Å². The Kier molecular flexibility index (Phi) is 6.16. The van der Waals surface area contributed by atoms with Gasteiger partial charge in [-0.05, 0) is 63.5 Å². The Balaban J connectivity index is 1.65. The lowest BCUT2D eigenvalue weighted by Crippen LogP contribution is -2.47. The molecule has 1 aromatic heterocycles. The molecule has 0 radical (unpaired) electrons. The van der Waals surface area contributed by atoms with Crippen LogP contribution in [0.3, 0.4) is 0 Å². The van der Waals surface area contributed by atoms with Crippen LogP contribution in [0.5, 0.6) is 5.75 Å². The Morgan fingerprint density at radius 2 is 2.11 bits per heavy atom. The van der Waals surface area contributed by atoms with Crippen LogP contribution in [0.4, 0.5) is 4.79 Å². The maximum atomic E-state index is 12.7. The molecule has 3 rings (SSSR count). The number of amides is 2. The Labute approximate surface area is 161 Å². The van der Waals surface area contributed by atoms with Crippen LogP contribution in [-0.4, -0.2) is 61.2 Å². The molecule has 2 heterocycles. The molecule has 6 nitrogen and oxygen atoms in total. The number of ether oxygens (including phenoxy) is 1. The maximum absolute atomic E-state index is 12.7. The van der Waals surface area contributed by atoms with Crippen LogP contribution < -0.4 is 10.1 Å². The van der Waals surface area contributed by atoms with E-state index in [9.17, 15) is 4.79 Å². The van der Waals surface area contributed by atoms with Crippen LogP contribution in [-0.2, 0) is 6.54 Å². The summed E-state index contributed by atoms with van der Waals surface area (Å²) in [7, 11) is 5.64. The summed E-state index contributed by atoms with van der Waals surface area (Å²) in [5.41, 5.74) is 1.88. The van der Waals surface area contributed by atoms with Crippen molar-refractivity contribution in [1.29, 1.82) is 0 Å². The van der Waals surface area contributed by atoms with Crippen molar-refractivity contribution in [1.82, 2.24) is 20.1 Å². The summed E-state index contributed by atoms with van der Waals surface area (Å²) in [4.78, 5) is 21.2. The molecule has 2 amide bonds. The minimum atomic E-state index is -0.0331. The third-order valence-electron chi connectivity index (χ3n) is 5.62. The van der Waals surface area contributed by atoms with E-state index in [1.807, 2.05) is 31.3 Å². The van der Waals surface area contributed by atoms with Gasteiger partial charge in [-0.1, -0.05) is 12.1 Å². The number of likely N-dealkylation sites (tertiary alicyclic amines) is 1. The van der Waals surface area contributed by atoms with Crippen LogP contribution in [0.2, 0.25) is 0 Å². The van der Waals surface area contributed by atoms with Crippen LogP contribution in [0.1, 0.15) is 25.3 Å². The first kappa shape index (κ1) is 19.4. The Bertz CT molecular complexity index is 787. The number of carbonyl (C=O) groups is 1. The molecule has 1 saturated heterocycles. The van der Waals surface area contributed by atoms with Crippen LogP contribution in [0.15, 0.2) is 30.5 Å². The summed E-state index contributed by atoms with van der Waals surface area (Å²) < 4.78 is 5.40. The van der Waals surface area contributed by atoms with Gasteiger partial charge in [0.15, 0.2) is 0 Å². The maximum Gasteiger partial charge on any atom is 0.317 e. The lowest BCUT2D eigenvalue weighted by Gasteiger charge is -2.33. The molecular weight excluding hydrogens is 340 g/mol. The Morgan fingerprint density at radius 3 is 2.81 bits per heavy atom. The second kappa shape index (κ2) is 8.57. The highest BCUT2D eigenvalue weighted by Crippen LogP contribution is 2.27. The van der Waals surface area contributed by atoms with Crippen LogP contribution >= 0.6 is 0 Å². The predicted molar refractivity (Wildman–Crippen MR) is 108 cm³/mol. The molecular formula is C21H30N4O2. The van der Waals surface area contributed by atoms with Gasteiger partial charge in [-0.2, -0.15) is 0 Å². The zero-order valence-corrected chi connectivity index (χ0v) is 16.7. The van der Waals surface area contributed by atoms with Gasteiger partial charge in [0, 0.05) is 31.2 Å². The number of aromatic nitrogens is 1. The number of hydrogen-bond donors (Lipinski definition) is 1. The van der Waals surface area contributed by atoms with Crippen molar-refractivity contribution < 1.29 is 9.53 Å². The number of pyridine rings is 1. The fraction of sp³-hybridized carbons (Fsp3) is 0.524. The average molecular weight is 370 g/mol. The van der Waals surface area contributed by atoms with Crippen molar-refractivity contribution in [3.63, 3.8) is 0 Å². The molecule has 0 aliphatic carbocycles. The first-order valence-electron chi connectivity index (χ1n) is 9.60. The minimum absolute atomic E-state index is 0.0331. The van der Waals surface area contributed by atoms with Crippen molar-refractivity contribution in [2.24, 2.45) is 5.92 Å². The lowest BCUT2D eigenvalue weighted by molar-refractivity contribution is 0.173. The van der Waals surface area contributed by atoms with Crippen molar-refractivity contribution in [3.8, 4) is 5.75 Å². The van der Waals surface area contributed by atoms with Gasteiger partial charge in [0.2, 0.25) is 0 Å². The monoisotopic (exact) mass is 370 g/mol. The Hall–Kier alpha value is -2.34. The summed E-state index contributed by atoms with van der Waals surface area (Å²) in [6.45, 7) is 4.85. The first-order chi connectivity index (χ1) is 13.0. The molecule has 0 saturated carbocycles. The standard InChI is InChI=1S/C21H30N4O2/c1-15(16-9-12-24(2)13-10-16)23-21(26)25(3)14-17-7-8-19(27-4)20-18(17)6-5-11-22-20/h5-8,11,15-16H,9-10,12-14H2,1-4H3,(H,23,26). The fourth-order valence-electron chi connectivity index (χ4n) is 3.79. The van der Waals surface area contributed by atoms with Gasteiger partial charge in [0.25, 0.3) is 0 Å². The summed E-state index contributed by atoms with van der Waals surface area (Å²) >= 11 is 0. The summed E-state index contributed by atoms with van der Waals surface area (Å²) in [6, 6.07) is 8.00. The smallest absolute Gasteiger partial charge is 0.317 e. The molecule has 1 aliphatic heterocycles. The number of fused-ring (bicyclic) bond motifs is 1. The van der Waals surface area contributed by atoms with E-state index in [0.717, 1.165) is 48.1 Å². The number of carbonyl (C=O) groups excluding carboxylic acids is 1. The number of nitrogens with zero attached hydrogens (tertiary/aromatic N) is 3. The fourth-order valence-corrected chi connectivity index (χ4v) is 3.79. The van der Waals surface area contributed by atoms with E-state index in [2.05, 4.69) is 29.2 Å². The topological polar surface area (TPSA) is 57.7 Å². The van der Waals surface area contributed by atoms with Crippen molar-refractivity contribution >= 4 is 16.9 Å². The highest BCUT2D eigenvalue weighted by atomic mass is 16.5. The van der Waals surface area contributed by atoms with Crippen molar-refractivity contribution in [2.75, 3.05) is 34.3 Å². The molecule has 1 unspecified atom stereocenters. The van der Waals surface area contributed by atoms with Gasteiger partial charge >= 0.3 is 6.03 Å². The number of urea groups is 1. The molecule has 1 fully saturated rings. The zero-order chi connectivity index (χ0) is 19.4. The average Bonchev–Trinajstić information content (AvgIpc) is 2.68. The molecule has 0 bridgehead atoms. The molecule has 6 heteroatoms. The van der Waals surface area contributed by atoms with Gasteiger partial charge < -0.3 is 19.9 Å². The molecule has 1 atom stereocenters. The summed E-state index contributed by atoms with van der Waals surface area (Å²) in [5.74, 6) is 1.29. The molecule has 27 heavy (non-hydrogen) atoms. The van der Waals surface area contributed by atoms with Gasteiger partial charge in [0.1, 0.15) is 11.3 Å². The second-order valence-electron chi connectivity index (χ2n) is 7.56. The third kappa shape index (κ3) is 4.50. The number of piperidine rings is 1. The second-order valence-corrected chi connectivity index (χ2v) is 7.56. The number of methoxy groups -OCH3 is 1. The minimum Gasteiger partial charge on any atom is -0.494 e. The van der Waals surface area contributed by atoms with Gasteiger partial charge in [-0.15, -0.1) is 0 Å².